The fourth-order valence-electron chi connectivity index (χ4n) is 3.21. The van der Waals surface area contributed by atoms with Crippen LogP contribution in [0.5, 0.6) is 0 Å². The number of nitrogens with zero attached hydrogens (tertiary/aromatic N) is 3. The highest BCUT2D eigenvalue weighted by molar-refractivity contribution is 7.98. The molecule has 1 aromatic heterocycles. The molecule has 6 nitrogen and oxygen atoms in total. The van der Waals surface area contributed by atoms with Crippen LogP contribution in [0.1, 0.15) is 23.4 Å². The molecule has 140 valence electrons. The number of nitrogens with one attached hydrogen (secondary N) is 1. The minimum atomic E-state index is -0.119. The van der Waals surface area contributed by atoms with Crippen molar-refractivity contribution in [2.45, 2.75) is 37.5 Å². The Balaban J connectivity index is 1.63. The monoisotopic (exact) mass is 374 g/mol. The first-order valence-corrected chi connectivity index (χ1v) is 10.1. The van der Waals surface area contributed by atoms with Gasteiger partial charge < -0.3 is 10.1 Å². The Morgan fingerprint density at radius 1 is 1.35 bits per heavy atom. The van der Waals surface area contributed by atoms with Crippen molar-refractivity contribution in [1.82, 2.24) is 20.0 Å². The highest BCUT2D eigenvalue weighted by Gasteiger charge is 2.17. The van der Waals surface area contributed by atoms with Crippen molar-refractivity contribution in [2.24, 2.45) is 0 Å². The van der Waals surface area contributed by atoms with Gasteiger partial charge in [-0.3, -0.25) is 14.4 Å². The van der Waals surface area contributed by atoms with Crippen LogP contribution in [0.2, 0.25) is 0 Å². The number of thioether (sulfide) groups is 1. The summed E-state index contributed by atoms with van der Waals surface area (Å²) in [6.45, 7) is 4.33. The second-order valence-corrected chi connectivity index (χ2v) is 7.36. The minimum absolute atomic E-state index is 0.0798. The predicted molar refractivity (Wildman–Crippen MR) is 103 cm³/mol. The van der Waals surface area contributed by atoms with E-state index in [1.165, 1.54) is 23.3 Å². The Morgan fingerprint density at radius 3 is 3.04 bits per heavy atom. The topological polar surface area (TPSA) is 59.4 Å². The van der Waals surface area contributed by atoms with Crippen LogP contribution >= 0.6 is 11.8 Å². The maximum atomic E-state index is 11.5. The maximum absolute atomic E-state index is 11.5. The summed E-state index contributed by atoms with van der Waals surface area (Å²) in [5, 5.41) is 7.48. The molecule has 0 radical (unpaired) electrons. The summed E-state index contributed by atoms with van der Waals surface area (Å²) in [5.41, 5.74) is 3.45. The molecule has 0 aliphatic carbocycles. The fourth-order valence-corrected chi connectivity index (χ4v) is 3.69. The number of fused-ring (bicyclic) bond motifs is 1. The summed E-state index contributed by atoms with van der Waals surface area (Å²) >= 11 is 1.78. The van der Waals surface area contributed by atoms with Gasteiger partial charge in [-0.2, -0.15) is 5.10 Å². The van der Waals surface area contributed by atoms with Gasteiger partial charge in [0.15, 0.2) is 0 Å². The van der Waals surface area contributed by atoms with E-state index in [0.29, 0.717) is 6.54 Å². The highest BCUT2D eigenvalue weighted by Crippen LogP contribution is 2.20. The second-order valence-electron chi connectivity index (χ2n) is 6.48. The molecule has 0 unspecified atom stereocenters. The smallest absolute Gasteiger partial charge is 0.246 e. The van der Waals surface area contributed by atoms with Gasteiger partial charge in [0.25, 0.3) is 0 Å². The number of aryl methyl sites for hydroxylation is 1. The lowest BCUT2D eigenvalue weighted by atomic mass is 10.2. The molecule has 0 saturated carbocycles. The molecule has 0 fully saturated rings. The Hall–Kier alpha value is -1.83. The van der Waals surface area contributed by atoms with Crippen LogP contribution < -0.4 is 5.32 Å². The normalized spacial score (nSPS) is 14.7. The van der Waals surface area contributed by atoms with E-state index >= 15 is 0 Å². The number of hydrogen-bond donors (Lipinski definition) is 1. The Bertz CT molecular complexity index is 747. The Kier molecular flexibility index (Phi) is 6.71. The summed E-state index contributed by atoms with van der Waals surface area (Å²) < 4.78 is 6.91. The number of amides is 1. The number of ether oxygens (including phenoxy) is 1. The molecule has 1 aliphatic rings. The highest BCUT2D eigenvalue weighted by atomic mass is 32.2. The molecule has 0 bridgehead atoms. The summed E-state index contributed by atoms with van der Waals surface area (Å²) in [5.74, 6) is -0.119. The van der Waals surface area contributed by atoms with E-state index in [2.05, 4.69) is 56.6 Å². The van der Waals surface area contributed by atoms with Gasteiger partial charge in [0.1, 0.15) is 6.61 Å². The Labute approximate surface area is 158 Å². The predicted octanol–water partition coefficient (Wildman–Crippen LogP) is 2.27. The van der Waals surface area contributed by atoms with Crippen molar-refractivity contribution in [3.05, 3.63) is 47.3 Å². The molecule has 0 saturated heterocycles. The van der Waals surface area contributed by atoms with E-state index in [0.717, 1.165) is 38.3 Å². The van der Waals surface area contributed by atoms with Gasteiger partial charge in [0.05, 0.1) is 17.9 Å². The minimum Gasteiger partial charge on any atom is -0.375 e. The first-order chi connectivity index (χ1) is 12.7. The second kappa shape index (κ2) is 9.21. The first-order valence-electron chi connectivity index (χ1n) is 8.84. The maximum Gasteiger partial charge on any atom is 0.246 e. The lowest BCUT2D eigenvalue weighted by Gasteiger charge is -2.19. The molecule has 26 heavy (non-hydrogen) atoms. The van der Waals surface area contributed by atoms with Crippen LogP contribution in [0.15, 0.2) is 35.2 Å². The lowest BCUT2D eigenvalue weighted by Crippen LogP contribution is -2.26. The van der Waals surface area contributed by atoms with Crippen LogP contribution in [0.3, 0.4) is 0 Å². The zero-order chi connectivity index (χ0) is 18.4. The third-order valence-corrected chi connectivity index (χ3v) is 5.15. The van der Waals surface area contributed by atoms with E-state index in [1.54, 1.807) is 11.8 Å². The van der Waals surface area contributed by atoms with Crippen LogP contribution in [0.4, 0.5) is 0 Å². The standard InChI is InChI=1S/C19H26N4O2S/c1-25-14-19(24)20-11-16-10-17-13-22(7-4-8-23(17)21-16)12-15-5-3-6-18(9-15)26-2/h3,5-6,9-10H,4,7-8,11-14H2,1-2H3,(H,20,24). The van der Waals surface area contributed by atoms with E-state index in [4.69, 9.17) is 4.74 Å². The molecule has 0 spiro atoms. The molecule has 2 aromatic rings. The number of carbonyl (C=O) groups is 1. The number of hydrogen-bond acceptors (Lipinski definition) is 5. The van der Waals surface area contributed by atoms with Crippen molar-refractivity contribution in [3.8, 4) is 0 Å². The van der Waals surface area contributed by atoms with E-state index < -0.39 is 0 Å². The average molecular weight is 375 g/mol. The van der Waals surface area contributed by atoms with E-state index in [9.17, 15) is 4.79 Å². The third kappa shape index (κ3) is 5.09. The third-order valence-electron chi connectivity index (χ3n) is 4.43. The van der Waals surface area contributed by atoms with Crippen LogP contribution in [-0.2, 0) is 35.7 Å². The number of carbonyl (C=O) groups excluding carboxylic acids is 1. The fraction of sp³-hybridized carbons (Fsp3) is 0.474. The van der Waals surface area contributed by atoms with Crippen molar-refractivity contribution < 1.29 is 9.53 Å². The van der Waals surface area contributed by atoms with Gasteiger partial charge in [-0.15, -0.1) is 11.8 Å². The van der Waals surface area contributed by atoms with Crippen molar-refractivity contribution in [3.63, 3.8) is 0 Å². The molecule has 0 atom stereocenters. The van der Waals surface area contributed by atoms with Gasteiger partial charge in [-0.1, -0.05) is 12.1 Å². The molecular weight excluding hydrogens is 348 g/mol. The molecule has 7 heteroatoms. The summed E-state index contributed by atoms with van der Waals surface area (Å²) in [4.78, 5) is 15.3. The van der Waals surface area contributed by atoms with Crippen LogP contribution in [0, 0.1) is 0 Å². The number of aromatic nitrogens is 2. The quantitative estimate of drug-likeness (QED) is 0.754. The largest absolute Gasteiger partial charge is 0.375 e. The molecule has 2 heterocycles. The van der Waals surface area contributed by atoms with Crippen LogP contribution in [0.25, 0.3) is 0 Å². The van der Waals surface area contributed by atoms with Gasteiger partial charge in [0, 0.05) is 38.2 Å². The average Bonchev–Trinajstić information content (AvgIpc) is 2.92. The van der Waals surface area contributed by atoms with E-state index in [1.807, 2.05) is 0 Å². The molecule has 3 rings (SSSR count). The number of benzene rings is 1. The zero-order valence-electron chi connectivity index (χ0n) is 15.4. The molecule has 1 N–H and O–H groups in total. The van der Waals surface area contributed by atoms with Gasteiger partial charge in [-0.25, -0.2) is 0 Å². The Morgan fingerprint density at radius 2 is 2.23 bits per heavy atom. The molecule has 1 amide bonds. The summed E-state index contributed by atoms with van der Waals surface area (Å²) in [7, 11) is 1.52. The first kappa shape index (κ1) is 18.9. The molecular formula is C19H26N4O2S. The molecule has 1 aromatic carbocycles. The summed E-state index contributed by atoms with van der Waals surface area (Å²) in [6.07, 6.45) is 3.18. The van der Waals surface area contributed by atoms with Gasteiger partial charge >= 0.3 is 0 Å². The summed E-state index contributed by atoms with van der Waals surface area (Å²) in [6, 6.07) is 10.8. The van der Waals surface area contributed by atoms with Gasteiger partial charge in [-0.05, 0) is 36.4 Å². The number of methoxy groups -OCH3 is 1. The molecule has 1 aliphatic heterocycles. The van der Waals surface area contributed by atoms with E-state index in [-0.39, 0.29) is 12.5 Å². The van der Waals surface area contributed by atoms with Crippen molar-refractivity contribution in [1.29, 1.82) is 0 Å². The van der Waals surface area contributed by atoms with Crippen molar-refractivity contribution >= 4 is 17.7 Å². The van der Waals surface area contributed by atoms with Gasteiger partial charge in [0.2, 0.25) is 5.91 Å². The van der Waals surface area contributed by atoms with Crippen LogP contribution in [-0.4, -0.2) is 47.1 Å². The van der Waals surface area contributed by atoms with Crippen molar-refractivity contribution in [2.75, 3.05) is 26.5 Å². The SMILES string of the molecule is COCC(=O)NCc1cc2n(n1)CCCN(Cc1cccc(SC)c1)C2. The lowest BCUT2D eigenvalue weighted by molar-refractivity contribution is -0.124. The number of rotatable bonds is 7. The zero-order valence-corrected chi connectivity index (χ0v) is 16.2.